The molecule has 130 valence electrons. The molecule has 0 unspecified atom stereocenters. The molecule has 1 N–H and O–H groups in total. The summed E-state index contributed by atoms with van der Waals surface area (Å²) in [6.45, 7) is 3.73. The van der Waals surface area contributed by atoms with E-state index in [-0.39, 0.29) is 24.1 Å². The molecule has 23 heavy (non-hydrogen) atoms. The van der Waals surface area contributed by atoms with Gasteiger partial charge in [-0.15, -0.1) is 12.4 Å². The van der Waals surface area contributed by atoms with E-state index in [1.165, 1.54) is 6.07 Å². The zero-order valence-electron chi connectivity index (χ0n) is 13.9. The Morgan fingerprint density at radius 2 is 2.00 bits per heavy atom. The highest BCUT2D eigenvalue weighted by Gasteiger charge is 2.21. The third kappa shape index (κ3) is 6.09. The Hall–Kier alpha value is -1.17. The quantitative estimate of drug-likeness (QED) is 0.859. The molecular weight excluding hydrogens is 317 g/mol. The number of amides is 1. The molecule has 1 amide bonds. The Morgan fingerprint density at radius 3 is 2.61 bits per heavy atom. The molecule has 0 saturated carbocycles. The Kier molecular flexibility index (Phi) is 8.52. The number of halogens is 2. The van der Waals surface area contributed by atoms with Crippen LogP contribution in [-0.4, -0.2) is 56.0 Å². The molecule has 1 aromatic rings. The second kappa shape index (κ2) is 9.85. The lowest BCUT2D eigenvalue weighted by atomic mass is 9.97. The standard InChI is InChI=1S/C17H26FN3O.ClH/c1-19-11-14-7-9-21(10-8-14)13-17(22)20(2)12-15-5-3-4-6-16(15)18;/h3-6,14,19H,7-13H2,1-2H3;1H. The highest BCUT2D eigenvalue weighted by Crippen LogP contribution is 2.16. The first kappa shape index (κ1) is 19.9. The molecule has 1 heterocycles. The van der Waals surface area contributed by atoms with Crippen LogP contribution >= 0.6 is 12.4 Å². The van der Waals surface area contributed by atoms with Crippen LogP contribution < -0.4 is 5.32 Å². The largest absolute Gasteiger partial charge is 0.340 e. The number of carbonyl (C=O) groups excluding carboxylic acids is 1. The Balaban J connectivity index is 0.00000264. The van der Waals surface area contributed by atoms with E-state index in [2.05, 4.69) is 10.2 Å². The van der Waals surface area contributed by atoms with Crippen LogP contribution in [0.15, 0.2) is 24.3 Å². The predicted octanol–water partition coefficient (Wildman–Crippen LogP) is 2.14. The average molecular weight is 344 g/mol. The van der Waals surface area contributed by atoms with Crippen molar-refractivity contribution in [1.82, 2.24) is 15.1 Å². The van der Waals surface area contributed by atoms with Crippen molar-refractivity contribution < 1.29 is 9.18 Å². The summed E-state index contributed by atoms with van der Waals surface area (Å²) in [6, 6.07) is 6.61. The fourth-order valence-electron chi connectivity index (χ4n) is 2.92. The van der Waals surface area contributed by atoms with Gasteiger partial charge in [0.25, 0.3) is 0 Å². The minimum absolute atomic E-state index is 0. The van der Waals surface area contributed by atoms with Gasteiger partial charge in [-0.25, -0.2) is 4.39 Å². The molecule has 0 atom stereocenters. The monoisotopic (exact) mass is 343 g/mol. The van der Waals surface area contributed by atoms with Crippen LogP contribution in [-0.2, 0) is 11.3 Å². The van der Waals surface area contributed by atoms with Crippen molar-refractivity contribution in [2.45, 2.75) is 19.4 Å². The molecule has 1 saturated heterocycles. The van der Waals surface area contributed by atoms with Gasteiger partial charge in [0.15, 0.2) is 0 Å². The van der Waals surface area contributed by atoms with Crippen molar-refractivity contribution in [3.05, 3.63) is 35.6 Å². The van der Waals surface area contributed by atoms with Gasteiger partial charge in [-0.3, -0.25) is 9.69 Å². The molecule has 4 nitrogen and oxygen atoms in total. The van der Waals surface area contributed by atoms with Crippen LogP contribution in [0.3, 0.4) is 0 Å². The van der Waals surface area contributed by atoms with Gasteiger partial charge in [0, 0.05) is 19.2 Å². The lowest BCUT2D eigenvalue weighted by Gasteiger charge is -2.32. The topological polar surface area (TPSA) is 35.6 Å². The molecule has 1 fully saturated rings. The Morgan fingerprint density at radius 1 is 1.35 bits per heavy atom. The van der Waals surface area contributed by atoms with E-state index >= 15 is 0 Å². The molecule has 2 rings (SSSR count). The minimum atomic E-state index is -0.255. The summed E-state index contributed by atoms with van der Waals surface area (Å²) in [4.78, 5) is 16.1. The van der Waals surface area contributed by atoms with Gasteiger partial charge in [0.1, 0.15) is 5.82 Å². The van der Waals surface area contributed by atoms with Gasteiger partial charge in [0.2, 0.25) is 5.91 Å². The lowest BCUT2D eigenvalue weighted by Crippen LogP contribution is -2.43. The van der Waals surface area contributed by atoms with Gasteiger partial charge < -0.3 is 10.2 Å². The van der Waals surface area contributed by atoms with E-state index in [9.17, 15) is 9.18 Å². The number of rotatable bonds is 6. The van der Waals surface area contributed by atoms with Crippen molar-refractivity contribution in [3.8, 4) is 0 Å². The number of hydrogen-bond acceptors (Lipinski definition) is 3. The molecule has 0 bridgehead atoms. The molecule has 0 aliphatic carbocycles. The molecule has 6 heteroatoms. The molecule has 1 aliphatic rings. The highest BCUT2D eigenvalue weighted by molar-refractivity contribution is 5.85. The van der Waals surface area contributed by atoms with Crippen molar-refractivity contribution in [3.63, 3.8) is 0 Å². The van der Waals surface area contributed by atoms with Crippen LogP contribution in [0.4, 0.5) is 4.39 Å². The van der Waals surface area contributed by atoms with E-state index in [0.717, 1.165) is 32.5 Å². The zero-order chi connectivity index (χ0) is 15.9. The number of benzene rings is 1. The van der Waals surface area contributed by atoms with Crippen LogP contribution in [0.1, 0.15) is 18.4 Å². The fourth-order valence-corrected chi connectivity index (χ4v) is 2.92. The number of likely N-dealkylation sites (tertiary alicyclic amines) is 1. The highest BCUT2D eigenvalue weighted by atomic mass is 35.5. The van der Waals surface area contributed by atoms with Crippen LogP contribution in [0.5, 0.6) is 0 Å². The summed E-state index contributed by atoms with van der Waals surface area (Å²) in [5, 5.41) is 3.21. The summed E-state index contributed by atoms with van der Waals surface area (Å²) in [6.07, 6.45) is 2.26. The second-order valence-corrected chi connectivity index (χ2v) is 6.12. The molecule has 0 radical (unpaired) electrons. The van der Waals surface area contributed by atoms with Crippen LogP contribution in [0.2, 0.25) is 0 Å². The first-order chi connectivity index (χ1) is 10.6. The maximum atomic E-state index is 13.6. The normalized spacial score (nSPS) is 16.0. The third-order valence-corrected chi connectivity index (χ3v) is 4.35. The first-order valence-corrected chi connectivity index (χ1v) is 7.94. The third-order valence-electron chi connectivity index (χ3n) is 4.35. The summed E-state index contributed by atoms with van der Waals surface area (Å²) in [7, 11) is 3.72. The number of hydrogen-bond donors (Lipinski definition) is 1. The summed E-state index contributed by atoms with van der Waals surface area (Å²) in [5.74, 6) is 0.512. The molecular formula is C17H27ClFN3O. The van der Waals surface area contributed by atoms with Crippen molar-refractivity contribution >= 4 is 18.3 Å². The van der Waals surface area contributed by atoms with Crippen molar-refractivity contribution in [2.24, 2.45) is 5.92 Å². The average Bonchev–Trinajstić information content (AvgIpc) is 2.51. The molecule has 0 spiro atoms. The second-order valence-electron chi connectivity index (χ2n) is 6.12. The molecule has 1 aromatic carbocycles. The Labute approximate surface area is 144 Å². The van der Waals surface area contributed by atoms with E-state index in [1.807, 2.05) is 7.05 Å². The Bertz CT molecular complexity index is 492. The number of carbonyl (C=O) groups is 1. The SMILES string of the molecule is CNCC1CCN(CC(=O)N(C)Cc2ccccc2F)CC1.Cl. The first-order valence-electron chi connectivity index (χ1n) is 7.94. The summed E-state index contributed by atoms with van der Waals surface area (Å²) in [5.41, 5.74) is 0.561. The van der Waals surface area contributed by atoms with Gasteiger partial charge in [-0.05, 0) is 51.5 Å². The van der Waals surface area contributed by atoms with Gasteiger partial charge in [-0.2, -0.15) is 0 Å². The van der Waals surface area contributed by atoms with E-state index < -0.39 is 0 Å². The smallest absolute Gasteiger partial charge is 0.236 e. The van der Waals surface area contributed by atoms with Crippen LogP contribution in [0.25, 0.3) is 0 Å². The van der Waals surface area contributed by atoms with E-state index in [4.69, 9.17) is 0 Å². The lowest BCUT2D eigenvalue weighted by molar-refractivity contribution is -0.132. The number of nitrogens with zero attached hydrogens (tertiary/aromatic N) is 2. The van der Waals surface area contributed by atoms with Gasteiger partial charge >= 0.3 is 0 Å². The molecule has 1 aliphatic heterocycles. The van der Waals surface area contributed by atoms with E-state index in [0.29, 0.717) is 24.6 Å². The zero-order valence-corrected chi connectivity index (χ0v) is 14.7. The van der Waals surface area contributed by atoms with Crippen LogP contribution in [0, 0.1) is 11.7 Å². The summed E-state index contributed by atoms with van der Waals surface area (Å²) < 4.78 is 13.6. The minimum Gasteiger partial charge on any atom is -0.340 e. The van der Waals surface area contributed by atoms with Crippen molar-refractivity contribution in [2.75, 3.05) is 40.3 Å². The van der Waals surface area contributed by atoms with Gasteiger partial charge in [-0.1, -0.05) is 18.2 Å². The van der Waals surface area contributed by atoms with Crippen molar-refractivity contribution in [1.29, 1.82) is 0 Å². The predicted molar refractivity (Wildman–Crippen MR) is 93.2 cm³/mol. The van der Waals surface area contributed by atoms with E-state index in [1.54, 1.807) is 30.1 Å². The number of likely N-dealkylation sites (N-methyl/N-ethyl adjacent to an activating group) is 1. The number of nitrogens with one attached hydrogen (secondary N) is 1. The molecule has 0 aromatic heterocycles. The fraction of sp³-hybridized carbons (Fsp3) is 0.588. The van der Waals surface area contributed by atoms with Gasteiger partial charge in [0.05, 0.1) is 6.54 Å². The maximum Gasteiger partial charge on any atom is 0.236 e. The summed E-state index contributed by atoms with van der Waals surface area (Å²) >= 11 is 0. The maximum absolute atomic E-state index is 13.6. The number of piperidine rings is 1.